The lowest BCUT2D eigenvalue weighted by molar-refractivity contribution is 0.0968. The summed E-state index contributed by atoms with van der Waals surface area (Å²) in [7, 11) is 3.12. The van der Waals surface area contributed by atoms with Gasteiger partial charge in [-0.1, -0.05) is 51.1 Å². The molecule has 0 aliphatic heterocycles. The molecule has 2 aromatic carbocycles. The van der Waals surface area contributed by atoms with Crippen LogP contribution in [0.4, 0.5) is 10.5 Å². The lowest BCUT2D eigenvalue weighted by Crippen LogP contribution is -2.22. The molecular formula is C26H32ClN3O5. The minimum Gasteiger partial charge on any atom is -0.493 e. The number of anilines is 1. The molecule has 0 radical (unpaired) electrons. The summed E-state index contributed by atoms with van der Waals surface area (Å²) < 4.78 is 22.4. The van der Waals surface area contributed by atoms with E-state index >= 15 is 0 Å². The topological polar surface area (TPSA) is 91.8 Å². The van der Waals surface area contributed by atoms with Gasteiger partial charge >= 0.3 is 6.09 Å². The molecule has 0 saturated heterocycles. The molecule has 0 aliphatic carbocycles. The summed E-state index contributed by atoms with van der Waals surface area (Å²) in [5, 5.41) is 3.70. The average molecular weight is 502 g/mol. The lowest BCUT2D eigenvalue weighted by Gasteiger charge is -2.18. The molecule has 0 saturated carbocycles. The maximum atomic E-state index is 12.5. The lowest BCUT2D eigenvalue weighted by atomic mass is 10.1. The van der Waals surface area contributed by atoms with Crippen LogP contribution in [0, 0.1) is 0 Å². The van der Waals surface area contributed by atoms with Crippen molar-refractivity contribution < 1.29 is 23.7 Å². The van der Waals surface area contributed by atoms with Crippen LogP contribution in [0.1, 0.15) is 52.4 Å². The summed E-state index contributed by atoms with van der Waals surface area (Å²) in [6.07, 6.45) is 6.66. The first-order chi connectivity index (χ1) is 17.0. The Balaban J connectivity index is 1.72. The molecule has 0 aliphatic rings. The molecule has 0 spiro atoms. The molecule has 8 nitrogen and oxygen atoms in total. The Morgan fingerprint density at radius 1 is 1.00 bits per heavy atom. The van der Waals surface area contributed by atoms with E-state index in [-0.39, 0.29) is 6.10 Å². The molecule has 0 fully saturated rings. The molecule has 3 rings (SSSR count). The van der Waals surface area contributed by atoms with Crippen molar-refractivity contribution in [3.8, 4) is 23.1 Å². The molecule has 1 aromatic heterocycles. The van der Waals surface area contributed by atoms with Gasteiger partial charge in [-0.3, -0.25) is 5.32 Å². The van der Waals surface area contributed by atoms with Gasteiger partial charge < -0.3 is 18.9 Å². The zero-order chi connectivity index (χ0) is 25.2. The fraction of sp³-hybridized carbons (Fsp3) is 0.423. The molecule has 1 amide bonds. The third-order valence-corrected chi connectivity index (χ3v) is 5.84. The highest BCUT2D eigenvalue weighted by Gasteiger charge is 2.16. The van der Waals surface area contributed by atoms with Crippen molar-refractivity contribution >= 4 is 34.3 Å². The summed E-state index contributed by atoms with van der Waals surface area (Å²) >= 11 is 6.43. The number of amides is 1. The molecule has 1 N–H and O–H groups in total. The number of unbranched alkanes of at least 4 members (excludes halogenated alkanes) is 2. The van der Waals surface area contributed by atoms with E-state index in [2.05, 4.69) is 29.1 Å². The van der Waals surface area contributed by atoms with Crippen molar-refractivity contribution in [2.24, 2.45) is 0 Å². The van der Waals surface area contributed by atoms with Crippen molar-refractivity contribution in [3.63, 3.8) is 0 Å². The van der Waals surface area contributed by atoms with E-state index in [0.29, 0.717) is 44.7 Å². The smallest absolute Gasteiger partial charge is 0.411 e. The second kappa shape index (κ2) is 13.0. The average Bonchev–Trinajstić information content (AvgIpc) is 2.86. The van der Waals surface area contributed by atoms with Crippen LogP contribution in [0.2, 0.25) is 5.02 Å². The maximum absolute atomic E-state index is 12.5. The SMILES string of the molecule is CCCCC(CCCC)OC(=O)Nc1ccc(Oc2ncnc3cc(OC)c(OC)cc23)cc1Cl. The third-order valence-electron chi connectivity index (χ3n) is 5.53. The van der Waals surface area contributed by atoms with Crippen LogP contribution in [0.25, 0.3) is 10.9 Å². The number of hydrogen-bond donors (Lipinski definition) is 1. The normalized spacial score (nSPS) is 10.9. The van der Waals surface area contributed by atoms with E-state index in [1.165, 1.54) is 6.33 Å². The Labute approximate surface area is 210 Å². The van der Waals surface area contributed by atoms with Gasteiger partial charge in [0.1, 0.15) is 18.2 Å². The zero-order valence-electron chi connectivity index (χ0n) is 20.6. The van der Waals surface area contributed by atoms with Crippen LogP contribution in [0.15, 0.2) is 36.7 Å². The molecule has 35 heavy (non-hydrogen) atoms. The number of carbonyl (C=O) groups is 1. The maximum Gasteiger partial charge on any atom is 0.411 e. The fourth-order valence-corrected chi connectivity index (χ4v) is 3.85. The molecule has 0 bridgehead atoms. The number of carbonyl (C=O) groups excluding carboxylic acids is 1. The van der Waals surface area contributed by atoms with Crippen molar-refractivity contribution in [2.45, 2.75) is 58.5 Å². The van der Waals surface area contributed by atoms with Gasteiger partial charge in [-0.2, -0.15) is 0 Å². The minimum absolute atomic E-state index is 0.0991. The van der Waals surface area contributed by atoms with Gasteiger partial charge in [-0.25, -0.2) is 14.8 Å². The predicted octanol–water partition coefficient (Wildman–Crippen LogP) is 7.39. The molecule has 0 unspecified atom stereocenters. The first kappa shape index (κ1) is 26.3. The van der Waals surface area contributed by atoms with Crippen LogP contribution in [0.5, 0.6) is 23.1 Å². The number of aromatic nitrogens is 2. The summed E-state index contributed by atoms with van der Waals surface area (Å²) in [5.74, 6) is 1.88. The van der Waals surface area contributed by atoms with Crippen molar-refractivity contribution in [1.29, 1.82) is 0 Å². The van der Waals surface area contributed by atoms with E-state index < -0.39 is 6.09 Å². The Bertz CT molecular complexity index is 1130. The van der Waals surface area contributed by atoms with Crippen LogP contribution in [-0.4, -0.2) is 36.4 Å². The van der Waals surface area contributed by atoms with Gasteiger partial charge in [0.2, 0.25) is 5.88 Å². The molecule has 3 aromatic rings. The van der Waals surface area contributed by atoms with Crippen LogP contribution in [-0.2, 0) is 4.74 Å². The van der Waals surface area contributed by atoms with Crippen LogP contribution >= 0.6 is 11.6 Å². The van der Waals surface area contributed by atoms with Gasteiger partial charge in [-0.15, -0.1) is 0 Å². The highest BCUT2D eigenvalue weighted by Crippen LogP contribution is 2.36. The van der Waals surface area contributed by atoms with Gasteiger partial charge in [0.05, 0.1) is 35.8 Å². The first-order valence-electron chi connectivity index (χ1n) is 11.8. The molecule has 9 heteroatoms. The number of nitrogens with one attached hydrogen (secondary N) is 1. The van der Waals surface area contributed by atoms with Crippen molar-refractivity contribution in [1.82, 2.24) is 9.97 Å². The summed E-state index contributed by atoms with van der Waals surface area (Å²) in [6.45, 7) is 4.25. The number of nitrogens with zero attached hydrogens (tertiary/aromatic N) is 2. The van der Waals surface area contributed by atoms with Crippen molar-refractivity contribution in [2.75, 3.05) is 19.5 Å². The van der Waals surface area contributed by atoms with Crippen molar-refractivity contribution in [3.05, 3.63) is 41.7 Å². The van der Waals surface area contributed by atoms with E-state index in [0.717, 1.165) is 38.5 Å². The summed E-state index contributed by atoms with van der Waals surface area (Å²) in [6, 6.07) is 8.48. The number of fused-ring (bicyclic) bond motifs is 1. The van der Waals surface area contributed by atoms with E-state index in [9.17, 15) is 4.79 Å². The quantitative estimate of drug-likeness (QED) is 0.276. The second-order valence-corrected chi connectivity index (χ2v) is 8.49. The third kappa shape index (κ3) is 7.11. The zero-order valence-corrected chi connectivity index (χ0v) is 21.4. The molecular weight excluding hydrogens is 470 g/mol. The number of hydrogen-bond acceptors (Lipinski definition) is 7. The highest BCUT2D eigenvalue weighted by atomic mass is 35.5. The molecule has 1 heterocycles. The van der Waals surface area contributed by atoms with Gasteiger partial charge in [0.15, 0.2) is 11.5 Å². The largest absolute Gasteiger partial charge is 0.493 e. The number of ether oxygens (including phenoxy) is 4. The monoisotopic (exact) mass is 501 g/mol. The second-order valence-electron chi connectivity index (χ2n) is 8.08. The Hall–Kier alpha value is -3.26. The minimum atomic E-state index is -0.513. The standard InChI is InChI=1S/C26H32ClN3O5/c1-5-7-9-17(10-8-6-2)35-26(31)30-21-12-11-18(13-20(21)27)34-25-19-14-23(32-3)24(33-4)15-22(19)28-16-29-25/h11-17H,5-10H2,1-4H3,(H,30,31). The molecule has 188 valence electrons. The summed E-state index contributed by atoms with van der Waals surface area (Å²) in [5.41, 5.74) is 1.08. The van der Waals surface area contributed by atoms with Gasteiger partial charge in [0.25, 0.3) is 0 Å². The van der Waals surface area contributed by atoms with Gasteiger partial charge in [-0.05, 0) is 31.0 Å². The van der Waals surface area contributed by atoms with Crippen LogP contribution < -0.4 is 19.5 Å². The number of halogens is 1. The first-order valence-corrected chi connectivity index (χ1v) is 12.2. The number of rotatable bonds is 12. The van der Waals surface area contributed by atoms with E-state index in [1.807, 2.05) is 0 Å². The number of benzene rings is 2. The van der Waals surface area contributed by atoms with E-state index in [1.54, 1.807) is 44.6 Å². The highest BCUT2D eigenvalue weighted by molar-refractivity contribution is 6.33. The number of methoxy groups -OCH3 is 2. The van der Waals surface area contributed by atoms with E-state index in [4.69, 9.17) is 30.5 Å². The Morgan fingerprint density at radius 2 is 1.69 bits per heavy atom. The van der Waals surface area contributed by atoms with Gasteiger partial charge in [0, 0.05) is 12.1 Å². The molecule has 0 atom stereocenters. The summed E-state index contributed by atoms with van der Waals surface area (Å²) in [4.78, 5) is 21.0. The Morgan fingerprint density at radius 3 is 2.31 bits per heavy atom. The van der Waals surface area contributed by atoms with Crippen LogP contribution in [0.3, 0.4) is 0 Å². The predicted molar refractivity (Wildman–Crippen MR) is 137 cm³/mol. The Kier molecular flexibility index (Phi) is 9.78. The fourth-order valence-electron chi connectivity index (χ4n) is 3.63.